The molecule has 1 saturated carbocycles. The first-order valence-electron chi connectivity index (χ1n) is 14.3. The number of H-pyrrole nitrogens is 1. The van der Waals surface area contributed by atoms with Crippen LogP contribution in [0.3, 0.4) is 0 Å². The summed E-state index contributed by atoms with van der Waals surface area (Å²) >= 11 is 19.6. The Balaban J connectivity index is 1.65. The molecule has 5 rings (SSSR count). The van der Waals surface area contributed by atoms with Crippen molar-refractivity contribution in [1.82, 2.24) is 9.55 Å². The molecule has 2 aromatic carbocycles. The van der Waals surface area contributed by atoms with Crippen LogP contribution in [-0.2, 0) is 24.4 Å². The van der Waals surface area contributed by atoms with Crippen molar-refractivity contribution in [2.75, 3.05) is 20.5 Å². The van der Waals surface area contributed by atoms with Crippen LogP contribution in [-0.4, -0.2) is 47.5 Å². The van der Waals surface area contributed by atoms with Crippen LogP contribution in [0.15, 0.2) is 48.8 Å². The smallest absolute Gasteiger partial charge is 0.331 e. The van der Waals surface area contributed by atoms with E-state index >= 15 is 0 Å². The topological polar surface area (TPSA) is 82.5 Å². The monoisotopic (exact) mass is 656 g/mol. The highest BCUT2D eigenvalue weighted by Crippen LogP contribution is 2.49. The first kappa shape index (κ1) is 32.3. The molecule has 0 radical (unpaired) electrons. The third-order valence-corrected chi connectivity index (χ3v) is 8.68. The molecular weight excluding hydrogens is 623 g/mol. The van der Waals surface area contributed by atoms with Gasteiger partial charge >= 0.3 is 5.97 Å². The van der Waals surface area contributed by atoms with E-state index in [0.717, 1.165) is 41.5 Å². The number of benzene rings is 2. The third-order valence-electron chi connectivity index (χ3n) is 7.87. The highest BCUT2D eigenvalue weighted by molar-refractivity contribution is 6.42. The van der Waals surface area contributed by atoms with Crippen molar-refractivity contribution in [2.24, 2.45) is 0 Å². The fourth-order valence-electron chi connectivity index (χ4n) is 5.89. The number of carbonyl (C=O) groups excluding carboxylic acids is 2. The second-order valence-corrected chi connectivity index (χ2v) is 13.4. The number of aromatic amines is 1. The van der Waals surface area contributed by atoms with Gasteiger partial charge in [0, 0.05) is 58.2 Å². The number of carbonyl (C=O) groups is 2. The van der Waals surface area contributed by atoms with Crippen LogP contribution >= 0.6 is 34.8 Å². The number of fused-ring (bicyclic) bond motifs is 1. The minimum Gasteiger partial charge on any atom is -0.457 e. The zero-order valence-electron chi connectivity index (χ0n) is 25.4. The Morgan fingerprint density at radius 3 is 2.43 bits per heavy atom. The van der Waals surface area contributed by atoms with Crippen LogP contribution in [0.4, 0.5) is 0 Å². The number of methoxy groups -OCH3 is 1. The van der Waals surface area contributed by atoms with Gasteiger partial charge in [-0.2, -0.15) is 0 Å². The SMILES string of the molecule is COCOCC1(c2[nH]cc(-c3c(Cl)cc(Cl)cc3Cl)c2C(=O)n2cc(C)c3c(/C=C/C(=O)OC(C)(C)C)cccc32)CCC1. The van der Waals surface area contributed by atoms with Gasteiger partial charge in [-0.05, 0) is 75.9 Å². The van der Waals surface area contributed by atoms with Gasteiger partial charge in [-0.3, -0.25) is 9.36 Å². The Labute approximate surface area is 272 Å². The van der Waals surface area contributed by atoms with Crippen molar-refractivity contribution < 1.29 is 23.8 Å². The number of ether oxygens (including phenoxy) is 3. The quantitative estimate of drug-likeness (QED) is 0.0841. The maximum absolute atomic E-state index is 14.8. The van der Waals surface area contributed by atoms with E-state index in [-0.39, 0.29) is 12.7 Å². The molecule has 44 heavy (non-hydrogen) atoms. The van der Waals surface area contributed by atoms with Crippen molar-refractivity contribution in [3.63, 3.8) is 0 Å². The van der Waals surface area contributed by atoms with Crippen LogP contribution < -0.4 is 0 Å². The van der Waals surface area contributed by atoms with Gasteiger partial charge in [0.25, 0.3) is 5.91 Å². The molecule has 0 spiro atoms. The van der Waals surface area contributed by atoms with Gasteiger partial charge in [0.15, 0.2) is 0 Å². The lowest BCUT2D eigenvalue weighted by molar-refractivity contribution is -0.148. The van der Waals surface area contributed by atoms with E-state index < -0.39 is 17.0 Å². The molecule has 1 N–H and O–H groups in total. The van der Waals surface area contributed by atoms with E-state index in [2.05, 4.69) is 4.98 Å². The first-order valence-corrected chi connectivity index (χ1v) is 15.5. The Morgan fingerprint density at radius 2 is 1.82 bits per heavy atom. The zero-order chi connectivity index (χ0) is 31.8. The fourth-order valence-corrected chi connectivity index (χ4v) is 6.91. The van der Waals surface area contributed by atoms with Crippen molar-refractivity contribution in [3.05, 3.63) is 86.3 Å². The number of hydrogen-bond donors (Lipinski definition) is 1. The molecule has 0 saturated heterocycles. The molecule has 2 heterocycles. The van der Waals surface area contributed by atoms with E-state index in [4.69, 9.17) is 49.0 Å². The summed E-state index contributed by atoms with van der Waals surface area (Å²) in [6.45, 7) is 7.93. The summed E-state index contributed by atoms with van der Waals surface area (Å²) in [5.74, 6) is -0.690. The molecule has 2 aromatic heterocycles. The Morgan fingerprint density at radius 1 is 1.11 bits per heavy atom. The predicted molar refractivity (Wildman–Crippen MR) is 176 cm³/mol. The van der Waals surface area contributed by atoms with Crippen LogP contribution in [0.1, 0.15) is 67.2 Å². The minimum absolute atomic E-state index is 0.147. The number of halogens is 3. The largest absolute Gasteiger partial charge is 0.457 e. The van der Waals surface area contributed by atoms with E-state index in [9.17, 15) is 9.59 Å². The maximum Gasteiger partial charge on any atom is 0.331 e. The molecule has 0 bridgehead atoms. The summed E-state index contributed by atoms with van der Waals surface area (Å²) in [5.41, 5.74) is 3.68. The van der Waals surface area contributed by atoms with Crippen LogP contribution in [0.2, 0.25) is 15.1 Å². The minimum atomic E-state index is -0.604. The van der Waals surface area contributed by atoms with Gasteiger partial charge in [0.05, 0.1) is 27.7 Å². The normalized spacial score (nSPS) is 14.7. The van der Waals surface area contributed by atoms with E-state index in [1.807, 2.05) is 52.1 Å². The third kappa shape index (κ3) is 6.35. The molecule has 4 aromatic rings. The molecule has 1 fully saturated rings. The van der Waals surface area contributed by atoms with Crippen molar-refractivity contribution in [2.45, 2.75) is 58.0 Å². The number of nitrogens with one attached hydrogen (secondary N) is 1. The number of aryl methyl sites for hydroxylation is 1. The summed E-state index contributed by atoms with van der Waals surface area (Å²) < 4.78 is 18.1. The van der Waals surface area contributed by atoms with Crippen LogP contribution in [0.5, 0.6) is 0 Å². The Bertz CT molecular complexity index is 1740. The second-order valence-electron chi connectivity index (χ2n) is 12.2. The van der Waals surface area contributed by atoms with Gasteiger partial charge in [-0.1, -0.05) is 53.4 Å². The lowest BCUT2D eigenvalue weighted by Crippen LogP contribution is -2.41. The summed E-state index contributed by atoms with van der Waals surface area (Å²) in [5, 5.41) is 1.92. The van der Waals surface area contributed by atoms with E-state index in [0.29, 0.717) is 43.9 Å². The molecular formula is C34H35Cl3N2O5. The second kappa shape index (κ2) is 12.7. The fraction of sp³-hybridized carbons (Fsp3) is 0.353. The van der Waals surface area contributed by atoms with Gasteiger partial charge in [-0.25, -0.2) is 4.79 Å². The van der Waals surface area contributed by atoms with Crippen molar-refractivity contribution in [1.29, 1.82) is 0 Å². The lowest BCUT2D eigenvalue weighted by atomic mass is 9.66. The number of hydrogen-bond acceptors (Lipinski definition) is 5. The van der Waals surface area contributed by atoms with E-state index in [1.54, 1.807) is 36.1 Å². The molecule has 1 aliphatic carbocycles. The molecule has 1 aliphatic rings. The standard InChI is InChI=1S/C34H35Cl3N2O5/c1-20-17-39(26-9-6-8-21(28(20)26)10-11-27(40)44-33(2,3)4)32(41)30-23(29-24(36)14-22(35)15-25(29)37)16-38-31(30)34(12-7-13-34)18-43-19-42-5/h6,8-11,14-17,38H,7,12-13,18-19H2,1-5H3/b11-10+. The van der Waals surface area contributed by atoms with Crippen LogP contribution in [0, 0.1) is 6.92 Å². The first-order chi connectivity index (χ1) is 20.8. The molecule has 232 valence electrons. The highest BCUT2D eigenvalue weighted by atomic mass is 35.5. The summed E-state index contributed by atoms with van der Waals surface area (Å²) in [4.78, 5) is 30.6. The Hall–Kier alpha value is -3.07. The van der Waals surface area contributed by atoms with Gasteiger partial charge in [0.1, 0.15) is 12.4 Å². The predicted octanol–water partition coefficient (Wildman–Crippen LogP) is 8.99. The molecule has 0 aliphatic heterocycles. The van der Waals surface area contributed by atoms with E-state index in [1.165, 1.54) is 6.08 Å². The van der Waals surface area contributed by atoms with Crippen LogP contribution in [0.25, 0.3) is 28.1 Å². The van der Waals surface area contributed by atoms with Gasteiger partial charge in [-0.15, -0.1) is 0 Å². The average Bonchev–Trinajstić information content (AvgIpc) is 3.49. The molecule has 0 atom stereocenters. The van der Waals surface area contributed by atoms with Gasteiger partial charge in [0.2, 0.25) is 0 Å². The molecule has 10 heteroatoms. The molecule has 7 nitrogen and oxygen atoms in total. The number of esters is 1. The summed E-state index contributed by atoms with van der Waals surface area (Å²) in [6.07, 6.45) is 9.40. The number of rotatable bonds is 9. The number of aromatic nitrogens is 2. The van der Waals surface area contributed by atoms with Crippen molar-refractivity contribution >= 4 is 63.7 Å². The van der Waals surface area contributed by atoms with Crippen molar-refractivity contribution in [3.8, 4) is 11.1 Å². The average molecular weight is 658 g/mol. The summed E-state index contributed by atoms with van der Waals surface area (Å²) in [7, 11) is 1.58. The molecule has 0 unspecified atom stereocenters. The molecule has 0 amide bonds. The Kier molecular flexibility index (Phi) is 9.36. The maximum atomic E-state index is 14.8. The van der Waals surface area contributed by atoms with Gasteiger partial charge < -0.3 is 19.2 Å². The number of nitrogens with zero attached hydrogens (tertiary/aromatic N) is 1. The highest BCUT2D eigenvalue weighted by Gasteiger charge is 2.44. The zero-order valence-corrected chi connectivity index (χ0v) is 27.6. The lowest BCUT2D eigenvalue weighted by Gasteiger charge is -2.41. The summed E-state index contributed by atoms with van der Waals surface area (Å²) in [6, 6.07) is 8.88.